The molecule has 2 heterocycles. The van der Waals surface area contributed by atoms with E-state index in [1.54, 1.807) is 35.6 Å². The van der Waals surface area contributed by atoms with Crippen molar-refractivity contribution in [3.8, 4) is 11.3 Å². The molecule has 0 bridgehead atoms. The van der Waals surface area contributed by atoms with Crippen LogP contribution in [0.4, 0.5) is 5.13 Å². The summed E-state index contributed by atoms with van der Waals surface area (Å²) >= 11 is 7.49. The quantitative estimate of drug-likeness (QED) is 0.567. The first-order chi connectivity index (χ1) is 13.4. The molecular formula is C21H21ClN2O2S2. The van der Waals surface area contributed by atoms with Crippen molar-refractivity contribution in [3.05, 3.63) is 64.5 Å². The zero-order chi connectivity index (χ0) is 19.7. The minimum absolute atomic E-state index is 0.353. The van der Waals surface area contributed by atoms with Crippen molar-refractivity contribution in [2.45, 2.75) is 29.9 Å². The van der Waals surface area contributed by atoms with Gasteiger partial charge in [-0.15, -0.1) is 11.3 Å². The monoisotopic (exact) mass is 432 g/mol. The number of thiazole rings is 1. The third kappa shape index (κ3) is 3.95. The van der Waals surface area contributed by atoms with Gasteiger partial charge in [0.05, 0.1) is 15.8 Å². The van der Waals surface area contributed by atoms with Gasteiger partial charge in [-0.05, 0) is 44.0 Å². The summed E-state index contributed by atoms with van der Waals surface area (Å²) < 4.78 is 25.8. The van der Waals surface area contributed by atoms with Crippen LogP contribution in [0.3, 0.4) is 0 Å². The Bertz CT molecular complexity index is 1050. The van der Waals surface area contributed by atoms with Crippen LogP contribution in [-0.2, 0) is 9.84 Å². The Morgan fingerprint density at radius 1 is 1.04 bits per heavy atom. The molecule has 0 amide bonds. The van der Waals surface area contributed by atoms with Crippen LogP contribution < -0.4 is 4.90 Å². The van der Waals surface area contributed by atoms with Gasteiger partial charge in [-0.1, -0.05) is 41.4 Å². The molecule has 7 heteroatoms. The number of rotatable bonds is 4. The maximum absolute atomic E-state index is 12.9. The standard InChI is InChI=1S/C21H21ClN2O2S2/c1-15-2-4-16(5-3-15)20-14-27-21(23-20)24-12-10-19(11-13-24)28(25,26)18-8-6-17(22)7-9-18/h2-9,14,19H,10-13H2,1H3. The van der Waals surface area contributed by atoms with Gasteiger partial charge in [-0.25, -0.2) is 13.4 Å². The average Bonchev–Trinajstić information content (AvgIpc) is 3.19. The molecular weight excluding hydrogens is 412 g/mol. The number of anilines is 1. The molecule has 3 aromatic rings. The maximum Gasteiger partial charge on any atom is 0.185 e. The Hall–Kier alpha value is -1.89. The number of hydrogen-bond acceptors (Lipinski definition) is 5. The molecule has 1 fully saturated rings. The molecule has 28 heavy (non-hydrogen) atoms. The van der Waals surface area contributed by atoms with Gasteiger partial charge >= 0.3 is 0 Å². The minimum Gasteiger partial charge on any atom is -0.348 e. The van der Waals surface area contributed by atoms with Crippen molar-refractivity contribution < 1.29 is 8.42 Å². The molecule has 1 aliphatic rings. The van der Waals surface area contributed by atoms with Crippen molar-refractivity contribution >= 4 is 37.9 Å². The molecule has 4 nitrogen and oxygen atoms in total. The van der Waals surface area contributed by atoms with E-state index in [0.29, 0.717) is 35.8 Å². The van der Waals surface area contributed by atoms with Gasteiger partial charge in [0.1, 0.15) is 0 Å². The molecule has 0 radical (unpaired) electrons. The van der Waals surface area contributed by atoms with Crippen LogP contribution in [-0.4, -0.2) is 31.7 Å². The van der Waals surface area contributed by atoms with E-state index in [-0.39, 0.29) is 5.25 Å². The number of aryl methyl sites for hydroxylation is 1. The van der Waals surface area contributed by atoms with E-state index >= 15 is 0 Å². The summed E-state index contributed by atoms with van der Waals surface area (Å²) in [7, 11) is -3.33. The number of sulfone groups is 1. The summed E-state index contributed by atoms with van der Waals surface area (Å²) in [6.45, 7) is 3.45. The maximum atomic E-state index is 12.9. The molecule has 0 N–H and O–H groups in total. The lowest BCUT2D eigenvalue weighted by Gasteiger charge is -2.31. The molecule has 2 aromatic carbocycles. The normalized spacial score (nSPS) is 15.7. The van der Waals surface area contributed by atoms with E-state index in [1.807, 2.05) is 0 Å². The average molecular weight is 433 g/mol. The highest BCUT2D eigenvalue weighted by atomic mass is 35.5. The second-order valence-electron chi connectivity index (χ2n) is 7.07. The fourth-order valence-electron chi connectivity index (χ4n) is 3.44. The second kappa shape index (κ2) is 7.85. The summed E-state index contributed by atoms with van der Waals surface area (Å²) in [5.41, 5.74) is 3.30. The lowest BCUT2D eigenvalue weighted by molar-refractivity contribution is 0.529. The molecule has 146 valence electrons. The van der Waals surface area contributed by atoms with Crippen LogP contribution in [0.15, 0.2) is 58.8 Å². The first kappa shape index (κ1) is 19.4. The first-order valence-electron chi connectivity index (χ1n) is 9.20. The highest BCUT2D eigenvalue weighted by Gasteiger charge is 2.32. The molecule has 1 aliphatic heterocycles. The van der Waals surface area contributed by atoms with Gasteiger partial charge in [0.25, 0.3) is 0 Å². The van der Waals surface area contributed by atoms with E-state index in [4.69, 9.17) is 16.6 Å². The van der Waals surface area contributed by atoms with Crippen molar-refractivity contribution in [2.75, 3.05) is 18.0 Å². The third-order valence-corrected chi connectivity index (χ3v) is 8.56. The Kier molecular flexibility index (Phi) is 5.45. The van der Waals surface area contributed by atoms with Gasteiger partial charge in [0, 0.05) is 29.1 Å². The number of hydrogen-bond donors (Lipinski definition) is 0. The Balaban J connectivity index is 1.44. The Labute approximate surface area is 174 Å². The summed E-state index contributed by atoms with van der Waals surface area (Å²) in [6.07, 6.45) is 1.20. The lowest BCUT2D eigenvalue weighted by atomic mass is 10.1. The predicted octanol–water partition coefficient (Wildman–Crippen LogP) is 5.21. The summed E-state index contributed by atoms with van der Waals surface area (Å²) in [5, 5.41) is 3.21. The fourth-order valence-corrected chi connectivity index (χ4v) is 6.19. The van der Waals surface area contributed by atoms with Crippen LogP contribution in [0, 0.1) is 6.92 Å². The summed E-state index contributed by atoms with van der Waals surface area (Å²) in [4.78, 5) is 7.31. The number of piperidine rings is 1. The van der Waals surface area contributed by atoms with Crippen LogP contribution >= 0.6 is 22.9 Å². The SMILES string of the molecule is Cc1ccc(-c2csc(N3CCC(S(=O)(=O)c4ccc(Cl)cc4)CC3)n2)cc1. The van der Waals surface area contributed by atoms with E-state index in [9.17, 15) is 8.42 Å². The van der Waals surface area contributed by atoms with E-state index in [1.165, 1.54) is 5.56 Å². The lowest BCUT2D eigenvalue weighted by Crippen LogP contribution is -2.39. The zero-order valence-corrected chi connectivity index (χ0v) is 17.9. The Morgan fingerprint density at radius 3 is 2.32 bits per heavy atom. The number of benzene rings is 2. The van der Waals surface area contributed by atoms with E-state index < -0.39 is 9.84 Å². The molecule has 0 saturated carbocycles. The third-order valence-electron chi connectivity index (χ3n) is 5.13. The van der Waals surface area contributed by atoms with Gasteiger partial charge < -0.3 is 4.90 Å². The summed E-state index contributed by atoms with van der Waals surface area (Å²) in [6, 6.07) is 14.8. The first-order valence-corrected chi connectivity index (χ1v) is 12.0. The fraction of sp³-hybridized carbons (Fsp3) is 0.286. The van der Waals surface area contributed by atoms with Crippen molar-refractivity contribution in [3.63, 3.8) is 0 Å². The van der Waals surface area contributed by atoms with E-state index in [2.05, 4.69) is 41.5 Å². The van der Waals surface area contributed by atoms with Crippen LogP contribution in [0.25, 0.3) is 11.3 Å². The van der Waals surface area contributed by atoms with Gasteiger partial charge in [0.15, 0.2) is 15.0 Å². The Morgan fingerprint density at radius 2 is 1.68 bits per heavy atom. The van der Waals surface area contributed by atoms with Crippen LogP contribution in [0.5, 0.6) is 0 Å². The molecule has 1 saturated heterocycles. The van der Waals surface area contributed by atoms with Crippen molar-refractivity contribution in [2.24, 2.45) is 0 Å². The highest BCUT2D eigenvalue weighted by molar-refractivity contribution is 7.92. The van der Waals surface area contributed by atoms with Crippen molar-refractivity contribution in [1.82, 2.24) is 4.98 Å². The van der Waals surface area contributed by atoms with Gasteiger partial charge in [0.2, 0.25) is 0 Å². The molecule has 4 rings (SSSR count). The van der Waals surface area contributed by atoms with Crippen molar-refractivity contribution in [1.29, 1.82) is 0 Å². The topological polar surface area (TPSA) is 50.3 Å². The van der Waals surface area contributed by atoms with E-state index in [0.717, 1.165) is 16.4 Å². The number of halogens is 1. The minimum atomic E-state index is -3.33. The zero-order valence-electron chi connectivity index (χ0n) is 15.5. The highest BCUT2D eigenvalue weighted by Crippen LogP contribution is 2.32. The molecule has 0 aliphatic carbocycles. The largest absolute Gasteiger partial charge is 0.348 e. The smallest absolute Gasteiger partial charge is 0.185 e. The number of aromatic nitrogens is 1. The van der Waals surface area contributed by atoms with Gasteiger partial charge in [-0.2, -0.15) is 0 Å². The molecule has 0 unspecified atom stereocenters. The molecule has 0 atom stereocenters. The van der Waals surface area contributed by atoms with Gasteiger partial charge in [-0.3, -0.25) is 0 Å². The number of nitrogens with zero attached hydrogens (tertiary/aromatic N) is 2. The predicted molar refractivity (Wildman–Crippen MR) is 116 cm³/mol. The molecule has 1 aromatic heterocycles. The molecule has 0 spiro atoms. The second-order valence-corrected chi connectivity index (χ2v) is 10.6. The summed E-state index contributed by atoms with van der Waals surface area (Å²) in [5.74, 6) is 0. The van der Waals surface area contributed by atoms with Crippen LogP contribution in [0.2, 0.25) is 5.02 Å². The van der Waals surface area contributed by atoms with Crippen LogP contribution in [0.1, 0.15) is 18.4 Å².